The first-order chi connectivity index (χ1) is 7.52. The number of ether oxygens (including phenoxy) is 1. The molecule has 0 unspecified atom stereocenters. The van der Waals surface area contributed by atoms with Crippen molar-refractivity contribution in [2.24, 2.45) is 0 Å². The molecule has 16 heavy (non-hydrogen) atoms. The Morgan fingerprint density at radius 1 is 1.38 bits per heavy atom. The summed E-state index contributed by atoms with van der Waals surface area (Å²) in [6.07, 6.45) is 3.33. The van der Waals surface area contributed by atoms with Crippen LogP contribution in [0.1, 0.15) is 33.1 Å². The zero-order valence-electron chi connectivity index (χ0n) is 9.78. The molecule has 0 bridgehead atoms. The summed E-state index contributed by atoms with van der Waals surface area (Å²) in [5, 5.41) is 8.76. The van der Waals surface area contributed by atoms with Gasteiger partial charge in [-0.25, -0.2) is 9.59 Å². The number of hydrogen-bond donors (Lipinski definition) is 1. The lowest BCUT2D eigenvalue weighted by Gasteiger charge is -2.04. The van der Waals surface area contributed by atoms with E-state index in [9.17, 15) is 9.59 Å². The van der Waals surface area contributed by atoms with Gasteiger partial charge in [0.2, 0.25) is 0 Å². The van der Waals surface area contributed by atoms with E-state index >= 15 is 0 Å². The minimum absolute atomic E-state index is 0.0790. The maximum atomic E-state index is 11.3. The Hall–Kier alpha value is -1.58. The van der Waals surface area contributed by atoms with Gasteiger partial charge in [0.25, 0.3) is 0 Å². The fraction of sp³-hybridized carbons (Fsp3) is 0.500. The normalized spacial score (nSPS) is 11.0. The molecular formula is C12H18O4. The Morgan fingerprint density at radius 2 is 2.00 bits per heavy atom. The van der Waals surface area contributed by atoms with Crippen LogP contribution in [0, 0.1) is 0 Å². The van der Waals surface area contributed by atoms with Crippen LogP contribution in [0.3, 0.4) is 0 Å². The van der Waals surface area contributed by atoms with Gasteiger partial charge in [0, 0.05) is 5.57 Å². The average Bonchev–Trinajstić information content (AvgIpc) is 2.25. The summed E-state index contributed by atoms with van der Waals surface area (Å²) in [6.45, 7) is 7.53. The van der Waals surface area contributed by atoms with Gasteiger partial charge in [-0.3, -0.25) is 0 Å². The molecule has 0 aromatic carbocycles. The number of aliphatic carboxylic acids is 1. The second kappa shape index (κ2) is 7.68. The van der Waals surface area contributed by atoms with Gasteiger partial charge in [0.1, 0.15) is 0 Å². The van der Waals surface area contributed by atoms with Gasteiger partial charge in [-0.15, -0.1) is 0 Å². The molecule has 0 heterocycles. The number of unbranched alkanes of at least 4 members (excludes halogenated alkanes) is 1. The number of esters is 1. The lowest BCUT2D eigenvalue weighted by molar-refractivity contribution is -0.138. The topological polar surface area (TPSA) is 63.6 Å². The van der Waals surface area contributed by atoms with Crippen molar-refractivity contribution in [3.63, 3.8) is 0 Å². The summed E-state index contributed by atoms with van der Waals surface area (Å²) in [5.74, 6) is -1.59. The Labute approximate surface area is 95.6 Å². The van der Waals surface area contributed by atoms with E-state index in [4.69, 9.17) is 9.84 Å². The lowest BCUT2D eigenvalue weighted by Crippen LogP contribution is -2.08. The van der Waals surface area contributed by atoms with E-state index in [2.05, 4.69) is 6.58 Å². The first kappa shape index (κ1) is 14.4. The molecule has 0 amide bonds. The molecule has 0 saturated carbocycles. The van der Waals surface area contributed by atoms with Crippen LogP contribution in [0.5, 0.6) is 0 Å². The van der Waals surface area contributed by atoms with Crippen LogP contribution in [0.25, 0.3) is 0 Å². The van der Waals surface area contributed by atoms with Crippen LogP contribution in [0.4, 0.5) is 0 Å². The van der Waals surface area contributed by atoms with Crippen molar-refractivity contribution in [2.45, 2.75) is 33.1 Å². The van der Waals surface area contributed by atoms with Gasteiger partial charge >= 0.3 is 11.9 Å². The van der Waals surface area contributed by atoms with Gasteiger partial charge in [0.15, 0.2) is 0 Å². The number of hydrogen-bond acceptors (Lipinski definition) is 3. The minimum atomic E-state index is -1.04. The molecule has 0 saturated heterocycles. The number of carboxylic acid groups (broad SMARTS) is 1. The summed E-state index contributed by atoms with van der Waals surface area (Å²) in [6, 6.07) is 0. The van der Waals surface area contributed by atoms with E-state index in [1.807, 2.05) is 6.92 Å². The third-order valence-corrected chi connectivity index (χ3v) is 2.00. The van der Waals surface area contributed by atoms with Crippen LogP contribution in [-0.2, 0) is 14.3 Å². The Balaban J connectivity index is 4.33. The maximum absolute atomic E-state index is 11.3. The summed E-state index contributed by atoms with van der Waals surface area (Å²) >= 11 is 0. The highest BCUT2D eigenvalue weighted by Crippen LogP contribution is 2.07. The van der Waals surface area contributed by atoms with E-state index < -0.39 is 11.9 Å². The standard InChI is InChI=1S/C12H18O4/c1-4-6-7-16-12(15)9(3)8-10(5-2)11(13)14/h8H,3-7H2,1-2H3,(H,13,14). The zero-order chi connectivity index (χ0) is 12.6. The summed E-state index contributed by atoms with van der Waals surface area (Å²) in [5.41, 5.74) is 0.229. The minimum Gasteiger partial charge on any atom is -0.478 e. The Morgan fingerprint density at radius 3 is 2.44 bits per heavy atom. The third kappa shape index (κ3) is 5.34. The Bertz CT molecular complexity index is 302. The SMILES string of the molecule is C=C(C=C(CC)C(=O)O)C(=O)OCCCC. The number of carboxylic acids is 1. The number of carbonyl (C=O) groups excluding carboxylic acids is 1. The molecule has 1 N–H and O–H groups in total. The number of carbonyl (C=O) groups is 2. The molecular weight excluding hydrogens is 208 g/mol. The molecule has 4 nitrogen and oxygen atoms in total. The molecule has 0 aliphatic heterocycles. The highest BCUT2D eigenvalue weighted by Gasteiger charge is 2.10. The molecule has 0 aromatic rings. The van der Waals surface area contributed by atoms with Crippen molar-refractivity contribution in [1.29, 1.82) is 0 Å². The van der Waals surface area contributed by atoms with Crippen molar-refractivity contribution in [1.82, 2.24) is 0 Å². The van der Waals surface area contributed by atoms with Crippen molar-refractivity contribution in [2.75, 3.05) is 6.61 Å². The van der Waals surface area contributed by atoms with E-state index in [-0.39, 0.29) is 11.1 Å². The quantitative estimate of drug-likeness (QED) is 0.313. The van der Waals surface area contributed by atoms with E-state index in [0.717, 1.165) is 12.8 Å². The fourth-order valence-electron chi connectivity index (χ4n) is 0.986. The van der Waals surface area contributed by atoms with Gasteiger partial charge in [-0.05, 0) is 18.9 Å². The molecule has 0 aromatic heterocycles. The molecule has 90 valence electrons. The van der Waals surface area contributed by atoms with Gasteiger partial charge in [0.05, 0.1) is 12.2 Å². The fourth-order valence-corrected chi connectivity index (χ4v) is 0.986. The Kier molecular flexibility index (Phi) is 6.92. The first-order valence-corrected chi connectivity index (χ1v) is 5.32. The van der Waals surface area contributed by atoms with Crippen LogP contribution in [0.15, 0.2) is 23.8 Å². The third-order valence-electron chi connectivity index (χ3n) is 2.00. The summed E-state index contributed by atoms with van der Waals surface area (Å²) < 4.78 is 4.89. The van der Waals surface area contributed by atoms with E-state index in [1.165, 1.54) is 6.08 Å². The monoisotopic (exact) mass is 226 g/mol. The predicted molar refractivity (Wildman–Crippen MR) is 61.0 cm³/mol. The summed E-state index contributed by atoms with van der Waals surface area (Å²) in [4.78, 5) is 22.0. The predicted octanol–water partition coefficient (Wildman–Crippen LogP) is 2.31. The molecule has 0 aliphatic rings. The lowest BCUT2D eigenvalue weighted by atomic mass is 10.1. The van der Waals surface area contributed by atoms with E-state index in [1.54, 1.807) is 6.92 Å². The molecule has 0 fully saturated rings. The molecule has 0 spiro atoms. The molecule has 0 rings (SSSR count). The van der Waals surface area contributed by atoms with Gasteiger partial charge < -0.3 is 9.84 Å². The van der Waals surface area contributed by atoms with Gasteiger partial charge in [-0.1, -0.05) is 26.8 Å². The maximum Gasteiger partial charge on any atom is 0.337 e. The van der Waals surface area contributed by atoms with Crippen LogP contribution in [-0.4, -0.2) is 23.7 Å². The molecule has 0 radical (unpaired) electrons. The van der Waals surface area contributed by atoms with Crippen LogP contribution >= 0.6 is 0 Å². The highest BCUT2D eigenvalue weighted by atomic mass is 16.5. The van der Waals surface area contributed by atoms with Crippen molar-refractivity contribution >= 4 is 11.9 Å². The molecule has 0 aliphatic carbocycles. The van der Waals surface area contributed by atoms with Crippen molar-refractivity contribution in [3.8, 4) is 0 Å². The van der Waals surface area contributed by atoms with Crippen LogP contribution in [0.2, 0.25) is 0 Å². The largest absolute Gasteiger partial charge is 0.478 e. The first-order valence-electron chi connectivity index (χ1n) is 5.32. The van der Waals surface area contributed by atoms with Crippen LogP contribution < -0.4 is 0 Å². The highest BCUT2D eigenvalue weighted by molar-refractivity contribution is 5.95. The smallest absolute Gasteiger partial charge is 0.337 e. The number of rotatable bonds is 7. The second-order valence-electron chi connectivity index (χ2n) is 3.34. The van der Waals surface area contributed by atoms with Gasteiger partial charge in [-0.2, -0.15) is 0 Å². The average molecular weight is 226 g/mol. The zero-order valence-corrected chi connectivity index (χ0v) is 9.78. The molecule has 0 atom stereocenters. The molecule has 4 heteroatoms. The summed E-state index contributed by atoms with van der Waals surface area (Å²) in [7, 11) is 0. The van der Waals surface area contributed by atoms with E-state index in [0.29, 0.717) is 13.0 Å². The van der Waals surface area contributed by atoms with Crippen molar-refractivity contribution < 1.29 is 19.4 Å². The second-order valence-corrected chi connectivity index (χ2v) is 3.34. The van der Waals surface area contributed by atoms with Crippen molar-refractivity contribution in [3.05, 3.63) is 23.8 Å².